The molecule has 0 aliphatic rings. The van der Waals surface area contributed by atoms with Crippen molar-refractivity contribution in [3.63, 3.8) is 0 Å². The third-order valence-electron chi connectivity index (χ3n) is 4.24. The first-order valence-electron chi connectivity index (χ1n) is 8.51. The zero-order chi connectivity index (χ0) is 22.1. The maximum atomic E-state index is 13.1. The van der Waals surface area contributed by atoms with Gasteiger partial charge in [-0.05, 0) is 25.1 Å². The van der Waals surface area contributed by atoms with Crippen LogP contribution in [-0.2, 0) is 12.7 Å². The Balaban J connectivity index is 1.93. The minimum atomic E-state index is -4.66. The Kier molecular flexibility index (Phi) is 5.85. The third kappa shape index (κ3) is 4.16. The van der Waals surface area contributed by atoms with Crippen LogP contribution >= 0.6 is 11.6 Å². The summed E-state index contributed by atoms with van der Waals surface area (Å²) in [6.07, 6.45) is -4.66. The SMILES string of the molecule is COc1nc(OCCn2c(C)nc3cc(C(F)(F)F)cc(C#N)c3c2=O)ccc1Cl. The zero-order valence-electron chi connectivity index (χ0n) is 15.7. The molecule has 0 atom stereocenters. The van der Waals surface area contributed by atoms with Gasteiger partial charge >= 0.3 is 6.18 Å². The van der Waals surface area contributed by atoms with Gasteiger partial charge in [-0.2, -0.15) is 23.4 Å². The van der Waals surface area contributed by atoms with Crippen LogP contribution in [0.1, 0.15) is 17.0 Å². The van der Waals surface area contributed by atoms with Gasteiger partial charge in [-0.25, -0.2) is 4.98 Å². The fraction of sp³-hybridized carbons (Fsp3) is 0.263. The lowest BCUT2D eigenvalue weighted by Gasteiger charge is -2.14. The van der Waals surface area contributed by atoms with Gasteiger partial charge in [0.05, 0.1) is 35.7 Å². The standard InChI is InChI=1S/C19H14ClF3N4O3/c1-10-25-14-8-12(19(21,22)23)7-11(9-24)16(14)18(28)27(10)5-6-30-15-4-3-13(20)17(26-15)29-2/h3-4,7-8H,5-6H2,1-2H3. The number of nitrogens with zero attached hydrogens (tertiary/aromatic N) is 4. The molecule has 11 heteroatoms. The molecule has 156 valence electrons. The lowest BCUT2D eigenvalue weighted by molar-refractivity contribution is -0.137. The van der Waals surface area contributed by atoms with Crippen LogP contribution in [0.2, 0.25) is 5.02 Å². The highest BCUT2D eigenvalue weighted by Gasteiger charge is 2.32. The second-order valence-corrected chi connectivity index (χ2v) is 6.54. The van der Waals surface area contributed by atoms with Gasteiger partial charge in [0.1, 0.15) is 23.5 Å². The van der Waals surface area contributed by atoms with Gasteiger partial charge in [-0.15, -0.1) is 0 Å². The number of benzene rings is 1. The Labute approximate surface area is 173 Å². The van der Waals surface area contributed by atoms with E-state index in [2.05, 4.69) is 9.97 Å². The summed E-state index contributed by atoms with van der Waals surface area (Å²) in [5.41, 5.74) is -2.25. The van der Waals surface area contributed by atoms with E-state index in [1.54, 1.807) is 6.07 Å². The molecule has 0 unspecified atom stereocenters. The summed E-state index contributed by atoms with van der Waals surface area (Å²) in [6, 6.07) is 6.11. The van der Waals surface area contributed by atoms with Gasteiger partial charge in [0.2, 0.25) is 11.8 Å². The Hall–Kier alpha value is -3.32. The van der Waals surface area contributed by atoms with Crippen molar-refractivity contribution in [3.8, 4) is 17.8 Å². The van der Waals surface area contributed by atoms with E-state index in [1.165, 1.54) is 30.7 Å². The van der Waals surface area contributed by atoms with Crippen molar-refractivity contribution in [2.24, 2.45) is 0 Å². The molecule has 0 saturated heterocycles. The van der Waals surface area contributed by atoms with E-state index in [0.29, 0.717) is 11.1 Å². The lowest BCUT2D eigenvalue weighted by atomic mass is 10.1. The molecule has 0 saturated carbocycles. The van der Waals surface area contributed by atoms with Crippen molar-refractivity contribution in [1.29, 1.82) is 5.26 Å². The Morgan fingerprint density at radius 3 is 2.63 bits per heavy atom. The molecular weight excluding hydrogens is 425 g/mol. The van der Waals surface area contributed by atoms with Crippen LogP contribution in [0.5, 0.6) is 11.8 Å². The molecule has 0 aliphatic carbocycles. The highest BCUT2D eigenvalue weighted by Crippen LogP contribution is 2.32. The fourth-order valence-electron chi connectivity index (χ4n) is 2.84. The third-order valence-corrected chi connectivity index (χ3v) is 4.53. The maximum absolute atomic E-state index is 13.1. The van der Waals surface area contributed by atoms with Crippen LogP contribution in [-0.4, -0.2) is 28.3 Å². The summed E-state index contributed by atoms with van der Waals surface area (Å²) in [5, 5.41) is 9.38. The second kappa shape index (κ2) is 8.20. The molecule has 3 rings (SSSR count). The van der Waals surface area contributed by atoms with Crippen molar-refractivity contribution < 1.29 is 22.6 Å². The van der Waals surface area contributed by atoms with Gasteiger partial charge in [0.15, 0.2) is 0 Å². The van der Waals surface area contributed by atoms with Crippen LogP contribution in [0.25, 0.3) is 10.9 Å². The Morgan fingerprint density at radius 1 is 1.27 bits per heavy atom. The van der Waals surface area contributed by atoms with Crippen LogP contribution in [0, 0.1) is 18.3 Å². The summed E-state index contributed by atoms with van der Waals surface area (Å²) in [7, 11) is 1.40. The normalized spacial score (nSPS) is 11.4. The summed E-state index contributed by atoms with van der Waals surface area (Å²) in [5.74, 6) is 0.568. The Bertz CT molecular complexity index is 1220. The molecule has 3 aromatic rings. The topological polar surface area (TPSA) is 90.0 Å². The number of rotatable bonds is 5. The van der Waals surface area contributed by atoms with Crippen LogP contribution in [0.15, 0.2) is 29.1 Å². The van der Waals surface area contributed by atoms with Crippen molar-refractivity contribution in [2.75, 3.05) is 13.7 Å². The molecule has 0 aliphatic heterocycles. The summed E-state index contributed by atoms with van der Waals surface area (Å²) >= 11 is 5.90. The average molecular weight is 439 g/mol. The lowest BCUT2D eigenvalue weighted by Crippen LogP contribution is -2.27. The van der Waals surface area contributed by atoms with Gasteiger partial charge in [-0.3, -0.25) is 9.36 Å². The molecule has 2 aromatic heterocycles. The number of aryl methyl sites for hydroxylation is 1. The number of pyridine rings is 1. The minimum Gasteiger partial charge on any atom is -0.480 e. The van der Waals surface area contributed by atoms with Crippen molar-refractivity contribution in [1.82, 2.24) is 14.5 Å². The summed E-state index contributed by atoms with van der Waals surface area (Å²) < 4.78 is 50.9. The second-order valence-electron chi connectivity index (χ2n) is 6.13. The minimum absolute atomic E-state index is 0.00818. The van der Waals surface area contributed by atoms with E-state index >= 15 is 0 Å². The number of aromatic nitrogens is 3. The maximum Gasteiger partial charge on any atom is 0.416 e. The molecule has 2 heterocycles. The predicted molar refractivity (Wildman–Crippen MR) is 102 cm³/mol. The summed E-state index contributed by atoms with van der Waals surface area (Å²) in [4.78, 5) is 21.0. The predicted octanol–water partition coefficient (Wildman–Crippen LogP) is 3.73. The molecule has 0 N–H and O–H groups in total. The van der Waals surface area contributed by atoms with Gasteiger partial charge < -0.3 is 9.47 Å². The van der Waals surface area contributed by atoms with Gasteiger partial charge in [-0.1, -0.05) is 11.6 Å². The van der Waals surface area contributed by atoms with E-state index in [1.807, 2.05) is 0 Å². The number of nitriles is 1. The van der Waals surface area contributed by atoms with Gasteiger partial charge in [0.25, 0.3) is 5.56 Å². The van der Waals surface area contributed by atoms with Crippen molar-refractivity contribution >= 4 is 22.5 Å². The number of methoxy groups -OCH3 is 1. The van der Waals surface area contributed by atoms with E-state index in [0.717, 1.165) is 6.07 Å². The summed E-state index contributed by atoms with van der Waals surface area (Å²) in [6.45, 7) is 1.52. The van der Waals surface area contributed by atoms with Crippen LogP contribution in [0.3, 0.4) is 0 Å². The number of hydrogen-bond acceptors (Lipinski definition) is 6. The molecular formula is C19H14ClF3N4O3. The molecule has 0 bridgehead atoms. The van der Waals surface area contributed by atoms with E-state index in [4.69, 9.17) is 21.1 Å². The first-order valence-corrected chi connectivity index (χ1v) is 8.89. The highest BCUT2D eigenvalue weighted by atomic mass is 35.5. The number of hydrogen-bond donors (Lipinski definition) is 0. The van der Waals surface area contributed by atoms with Crippen LogP contribution < -0.4 is 15.0 Å². The molecule has 0 fully saturated rings. The molecule has 30 heavy (non-hydrogen) atoms. The Morgan fingerprint density at radius 2 is 2.00 bits per heavy atom. The van der Waals surface area contributed by atoms with E-state index < -0.39 is 22.9 Å². The number of alkyl halides is 3. The van der Waals surface area contributed by atoms with E-state index in [9.17, 15) is 23.2 Å². The first-order chi connectivity index (χ1) is 14.2. The first kappa shape index (κ1) is 21.4. The largest absolute Gasteiger partial charge is 0.480 e. The fourth-order valence-corrected chi connectivity index (χ4v) is 3.03. The monoisotopic (exact) mass is 438 g/mol. The average Bonchev–Trinajstić information content (AvgIpc) is 2.69. The van der Waals surface area contributed by atoms with Crippen molar-refractivity contribution in [3.05, 3.63) is 56.6 Å². The number of fused-ring (bicyclic) bond motifs is 1. The van der Waals surface area contributed by atoms with E-state index in [-0.39, 0.29) is 41.6 Å². The molecule has 0 amide bonds. The quantitative estimate of drug-likeness (QED) is 0.603. The number of ether oxygens (including phenoxy) is 2. The van der Waals surface area contributed by atoms with Crippen LogP contribution in [0.4, 0.5) is 13.2 Å². The zero-order valence-corrected chi connectivity index (χ0v) is 16.5. The molecule has 1 aromatic carbocycles. The van der Waals surface area contributed by atoms with Gasteiger partial charge in [0, 0.05) is 6.07 Å². The smallest absolute Gasteiger partial charge is 0.416 e. The molecule has 0 spiro atoms. The number of halogens is 4. The highest BCUT2D eigenvalue weighted by molar-refractivity contribution is 6.31. The molecule has 0 radical (unpaired) electrons. The van der Waals surface area contributed by atoms with Crippen molar-refractivity contribution in [2.45, 2.75) is 19.6 Å². The molecule has 7 nitrogen and oxygen atoms in total.